The fraction of sp³-hybridized carbons (Fsp3) is 0.500. The highest BCUT2D eigenvalue weighted by Gasteiger charge is 2.13. The van der Waals surface area contributed by atoms with Crippen molar-refractivity contribution in [3.8, 4) is 0 Å². The molecule has 0 unspecified atom stereocenters. The first-order valence-electron chi connectivity index (χ1n) is 5.61. The third-order valence-electron chi connectivity index (χ3n) is 2.90. The summed E-state index contributed by atoms with van der Waals surface area (Å²) in [7, 11) is 0. The summed E-state index contributed by atoms with van der Waals surface area (Å²) in [6.45, 7) is 0. The Morgan fingerprint density at radius 1 is 1.44 bits per heavy atom. The highest BCUT2D eigenvalue weighted by molar-refractivity contribution is 7.12. The van der Waals surface area contributed by atoms with E-state index in [2.05, 4.69) is 4.99 Å². The number of hydrogen-bond acceptors (Lipinski definition) is 3. The summed E-state index contributed by atoms with van der Waals surface area (Å²) < 4.78 is 0. The van der Waals surface area contributed by atoms with Crippen molar-refractivity contribution in [1.29, 1.82) is 0 Å². The molecule has 0 atom stereocenters. The minimum Gasteiger partial charge on any atom is -0.478 e. The summed E-state index contributed by atoms with van der Waals surface area (Å²) in [5.74, 6) is -0.869. The van der Waals surface area contributed by atoms with Crippen LogP contribution in [0.1, 0.15) is 47.3 Å². The predicted octanol–water partition coefficient (Wildman–Crippen LogP) is 3.20. The summed E-state index contributed by atoms with van der Waals surface area (Å²) in [6, 6.07) is 2.03. The van der Waals surface area contributed by atoms with E-state index in [1.54, 1.807) is 17.7 Å². The number of carboxylic acids is 1. The third kappa shape index (κ3) is 2.70. The Morgan fingerprint density at radius 2 is 2.19 bits per heavy atom. The van der Waals surface area contributed by atoms with E-state index in [4.69, 9.17) is 5.11 Å². The molecule has 1 aromatic rings. The molecule has 86 valence electrons. The van der Waals surface area contributed by atoms with Crippen molar-refractivity contribution < 1.29 is 9.90 Å². The highest BCUT2D eigenvalue weighted by Crippen LogP contribution is 2.21. The maximum Gasteiger partial charge on any atom is 0.337 e. The molecule has 2 rings (SSSR count). The molecular weight excluding hydrogens is 222 g/mol. The van der Waals surface area contributed by atoms with Crippen LogP contribution in [0.5, 0.6) is 0 Å². The minimum absolute atomic E-state index is 0.365. The number of carbonyl (C=O) groups is 1. The fourth-order valence-corrected chi connectivity index (χ4v) is 2.76. The van der Waals surface area contributed by atoms with Gasteiger partial charge in [-0.3, -0.25) is 4.99 Å². The number of aromatic carboxylic acids is 1. The molecule has 0 amide bonds. The van der Waals surface area contributed by atoms with Crippen molar-refractivity contribution in [2.45, 2.75) is 38.1 Å². The van der Waals surface area contributed by atoms with Crippen LogP contribution in [0.25, 0.3) is 0 Å². The zero-order chi connectivity index (χ0) is 11.4. The first-order valence-corrected chi connectivity index (χ1v) is 6.49. The van der Waals surface area contributed by atoms with Crippen LogP contribution in [0.2, 0.25) is 0 Å². The third-order valence-corrected chi connectivity index (χ3v) is 3.75. The molecule has 1 heterocycles. The standard InChI is InChI=1S/C12H15NO2S/c14-12(15)10-6-7-16-11(10)8-13-9-4-2-1-3-5-9/h6-9H,1-5H2,(H,14,15)/b13-8+. The molecule has 16 heavy (non-hydrogen) atoms. The fourth-order valence-electron chi connectivity index (χ4n) is 2.00. The van der Waals surface area contributed by atoms with E-state index in [1.807, 2.05) is 0 Å². The molecule has 0 radical (unpaired) electrons. The predicted molar refractivity (Wildman–Crippen MR) is 65.7 cm³/mol. The Kier molecular flexibility index (Phi) is 3.72. The van der Waals surface area contributed by atoms with E-state index < -0.39 is 5.97 Å². The summed E-state index contributed by atoms with van der Waals surface area (Å²) in [5, 5.41) is 10.7. The molecule has 3 nitrogen and oxygen atoms in total. The average molecular weight is 237 g/mol. The second-order valence-electron chi connectivity index (χ2n) is 4.07. The van der Waals surface area contributed by atoms with Gasteiger partial charge in [-0.15, -0.1) is 11.3 Å². The molecule has 1 aliphatic carbocycles. The topological polar surface area (TPSA) is 49.7 Å². The lowest BCUT2D eigenvalue weighted by Crippen LogP contribution is -2.09. The second-order valence-corrected chi connectivity index (χ2v) is 5.02. The lowest BCUT2D eigenvalue weighted by molar-refractivity contribution is 0.0697. The van der Waals surface area contributed by atoms with Crippen molar-refractivity contribution in [3.05, 3.63) is 21.9 Å². The van der Waals surface area contributed by atoms with Gasteiger partial charge in [0, 0.05) is 12.3 Å². The van der Waals surface area contributed by atoms with Gasteiger partial charge in [-0.2, -0.15) is 0 Å². The molecule has 1 fully saturated rings. The summed E-state index contributed by atoms with van der Waals surface area (Å²) in [6.07, 6.45) is 7.83. The molecule has 0 spiro atoms. The molecule has 0 aromatic carbocycles. The van der Waals surface area contributed by atoms with Crippen molar-refractivity contribution >= 4 is 23.5 Å². The van der Waals surface area contributed by atoms with Crippen molar-refractivity contribution in [2.75, 3.05) is 0 Å². The summed E-state index contributed by atoms with van der Waals surface area (Å²) in [4.78, 5) is 16.1. The van der Waals surface area contributed by atoms with Crippen LogP contribution >= 0.6 is 11.3 Å². The van der Waals surface area contributed by atoms with Crippen molar-refractivity contribution in [3.63, 3.8) is 0 Å². The van der Waals surface area contributed by atoms with Crippen LogP contribution in [0.3, 0.4) is 0 Å². The lowest BCUT2D eigenvalue weighted by atomic mass is 9.96. The Labute approximate surface area is 98.8 Å². The molecule has 0 aliphatic heterocycles. The van der Waals surface area contributed by atoms with Gasteiger partial charge >= 0.3 is 5.97 Å². The largest absolute Gasteiger partial charge is 0.478 e. The number of nitrogens with zero attached hydrogens (tertiary/aromatic N) is 1. The molecule has 1 N–H and O–H groups in total. The van der Waals surface area contributed by atoms with Gasteiger partial charge in [0.15, 0.2) is 0 Å². The SMILES string of the molecule is O=C(O)c1ccsc1/C=N/C1CCCCC1. The van der Waals surface area contributed by atoms with Gasteiger partial charge in [0.2, 0.25) is 0 Å². The number of thiophene rings is 1. The van der Waals surface area contributed by atoms with E-state index >= 15 is 0 Å². The van der Waals surface area contributed by atoms with Crippen molar-refractivity contribution in [1.82, 2.24) is 0 Å². The molecule has 1 aromatic heterocycles. The number of carboxylic acid groups (broad SMARTS) is 1. The highest BCUT2D eigenvalue weighted by atomic mass is 32.1. The summed E-state index contributed by atoms with van der Waals surface area (Å²) in [5.41, 5.74) is 0.365. The van der Waals surface area contributed by atoms with Gasteiger partial charge in [0.05, 0.1) is 10.4 Å². The van der Waals surface area contributed by atoms with Crippen LogP contribution in [0.15, 0.2) is 16.4 Å². The van der Waals surface area contributed by atoms with Crippen LogP contribution in [-0.4, -0.2) is 23.3 Å². The van der Waals surface area contributed by atoms with E-state index in [0.717, 1.165) is 17.7 Å². The van der Waals surface area contributed by atoms with Gasteiger partial charge in [-0.1, -0.05) is 19.3 Å². The van der Waals surface area contributed by atoms with Crippen LogP contribution in [0, 0.1) is 0 Å². The Bertz CT molecular complexity index is 391. The number of hydrogen-bond donors (Lipinski definition) is 1. The van der Waals surface area contributed by atoms with Gasteiger partial charge < -0.3 is 5.11 Å². The van der Waals surface area contributed by atoms with Gasteiger partial charge in [0.25, 0.3) is 0 Å². The second kappa shape index (κ2) is 5.25. The quantitative estimate of drug-likeness (QED) is 0.821. The van der Waals surface area contributed by atoms with Crippen molar-refractivity contribution in [2.24, 2.45) is 4.99 Å². The van der Waals surface area contributed by atoms with E-state index in [9.17, 15) is 4.79 Å². The van der Waals surface area contributed by atoms with Gasteiger partial charge in [-0.05, 0) is 24.3 Å². The molecular formula is C12H15NO2S. The molecule has 1 aliphatic rings. The minimum atomic E-state index is -0.869. The molecule has 0 bridgehead atoms. The van der Waals surface area contributed by atoms with E-state index in [-0.39, 0.29) is 0 Å². The molecule has 4 heteroatoms. The van der Waals surface area contributed by atoms with E-state index in [1.165, 1.54) is 30.6 Å². The molecule has 0 saturated heterocycles. The Balaban J connectivity index is 2.04. The van der Waals surface area contributed by atoms with Crippen LogP contribution < -0.4 is 0 Å². The monoisotopic (exact) mass is 237 g/mol. The summed E-state index contributed by atoms with van der Waals surface area (Å²) >= 11 is 1.44. The van der Waals surface area contributed by atoms with E-state index in [0.29, 0.717) is 11.6 Å². The van der Waals surface area contributed by atoms with Gasteiger partial charge in [-0.25, -0.2) is 4.79 Å². The van der Waals surface area contributed by atoms with Crippen LogP contribution in [0.4, 0.5) is 0 Å². The normalized spacial score (nSPS) is 18.0. The number of rotatable bonds is 3. The smallest absolute Gasteiger partial charge is 0.337 e. The Morgan fingerprint density at radius 3 is 2.88 bits per heavy atom. The maximum absolute atomic E-state index is 10.9. The van der Waals surface area contributed by atoms with Crippen LogP contribution in [-0.2, 0) is 0 Å². The van der Waals surface area contributed by atoms with Gasteiger partial charge in [0.1, 0.15) is 0 Å². The number of aliphatic imine (C=N–C) groups is 1. The maximum atomic E-state index is 10.9. The average Bonchev–Trinajstić information content (AvgIpc) is 2.76. The first-order chi connectivity index (χ1) is 7.77. The Hall–Kier alpha value is -1.16. The molecule has 1 saturated carbocycles. The zero-order valence-corrected chi connectivity index (χ0v) is 9.87. The first kappa shape index (κ1) is 11.3. The zero-order valence-electron chi connectivity index (χ0n) is 9.06. The lowest BCUT2D eigenvalue weighted by Gasteiger charge is -2.16.